The van der Waals surface area contributed by atoms with Gasteiger partial charge in [-0.2, -0.15) is 13.2 Å². The van der Waals surface area contributed by atoms with Gasteiger partial charge in [-0.3, -0.25) is 0 Å². The summed E-state index contributed by atoms with van der Waals surface area (Å²) in [5, 5.41) is 20.2. The summed E-state index contributed by atoms with van der Waals surface area (Å²) < 4.78 is 47.7. The summed E-state index contributed by atoms with van der Waals surface area (Å²) in [7, 11) is -1.73. The second-order valence-corrected chi connectivity index (χ2v) is 8.67. The highest BCUT2D eigenvalue weighted by molar-refractivity contribution is 6.61. The number of ether oxygens (including phenoxy) is 1. The van der Waals surface area contributed by atoms with Gasteiger partial charge in [-0.25, -0.2) is 4.98 Å². The molecule has 1 saturated heterocycles. The fourth-order valence-corrected chi connectivity index (χ4v) is 4.39. The second-order valence-electron chi connectivity index (χ2n) is 8.67. The molecule has 0 aliphatic carbocycles. The zero-order chi connectivity index (χ0) is 23.9. The highest BCUT2D eigenvalue weighted by Gasteiger charge is 2.33. The first kappa shape index (κ1) is 23.6. The van der Waals surface area contributed by atoms with Gasteiger partial charge in [0.2, 0.25) is 0 Å². The Morgan fingerprint density at radius 2 is 1.85 bits per heavy atom. The Labute approximate surface area is 190 Å². The van der Waals surface area contributed by atoms with E-state index in [9.17, 15) is 23.2 Å². The number of hydrogen-bond donors (Lipinski definition) is 2. The number of benzene rings is 2. The maximum absolute atomic E-state index is 13.5. The molecule has 3 aromatic rings. The van der Waals surface area contributed by atoms with Crippen LogP contribution in [0.3, 0.4) is 0 Å². The number of aromatic nitrogens is 2. The zero-order valence-corrected chi connectivity index (χ0v) is 18.9. The van der Waals surface area contributed by atoms with E-state index in [1.54, 1.807) is 12.1 Å². The van der Waals surface area contributed by atoms with Gasteiger partial charge < -0.3 is 24.3 Å². The average molecular weight is 461 g/mol. The monoisotopic (exact) mass is 461 g/mol. The second kappa shape index (κ2) is 9.00. The molecule has 2 heterocycles. The van der Waals surface area contributed by atoms with Crippen LogP contribution in [-0.2, 0) is 17.5 Å². The quantitative estimate of drug-likeness (QED) is 0.572. The first-order chi connectivity index (χ1) is 15.6. The lowest BCUT2D eigenvalue weighted by molar-refractivity contribution is -0.138. The van der Waals surface area contributed by atoms with E-state index in [2.05, 4.69) is 4.90 Å². The molecule has 0 atom stereocenters. The van der Waals surface area contributed by atoms with Crippen LogP contribution in [0.2, 0.25) is 0 Å². The molecule has 2 aromatic carbocycles. The van der Waals surface area contributed by atoms with Crippen LogP contribution in [-0.4, -0.2) is 53.0 Å². The van der Waals surface area contributed by atoms with Gasteiger partial charge in [0.25, 0.3) is 0 Å². The van der Waals surface area contributed by atoms with Crippen molar-refractivity contribution in [3.63, 3.8) is 0 Å². The molecule has 1 aromatic heterocycles. The van der Waals surface area contributed by atoms with Gasteiger partial charge in [0.15, 0.2) is 0 Å². The molecule has 0 unspecified atom stereocenters. The summed E-state index contributed by atoms with van der Waals surface area (Å²) in [6, 6.07) is 7.84. The third-order valence-electron chi connectivity index (χ3n) is 6.15. The SMILES string of the molecule is Cc1c(Cn2c(C(C)C)nc3c(B(O)O)cc(N4CCOCC4)cc32)cccc1C(F)(F)F. The number of fused-ring (bicyclic) bond motifs is 1. The van der Waals surface area contributed by atoms with Crippen LogP contribution in [0.1, 0.15) is 42.3 Å². The number of nitrogens with zero attached hydrogens (tertiary/aromatic N) is 3. The summed E-state index contributed by atoms with van der Waals surface area (Å²) in [6.07, 6.45) is -4.43. The van der Waals surface area contributed by atoms with Crippen LogP contribution < -0.4 is 10.4 Å². The van der Waals surface area contributed by atoms with E-state index >= 15 is 0 Å². The molecule has 0 spiro atoms. The molecular formula is C23H27BF3N3O3. The van der Waals surface area contributed by atoms with Crippen molar-refractivity contribution in [2.75, 3.05) is 31.2 Å². The lowest BCUT2D eigenvalue weighted by atomic mass is 9.79. The molecule has 0 saturated carbocycles. The molecule has 2 N–H and O–H groups in total. The van der Waals surface area contributed by atoms with Crippen molar-refractivity contribution >= 4 is 29.3 Å². The topological polar surface area (TPSA) is 70.8 Å². The largest absolute Gasteiger partial charge is 0.490 e. The van der Waals surface area contributed by atoms with E-state index in [1.165, 1.54) is 13.0 Å². The Kier molecular flexibility index (Phi) is 6.44. The predicted octanol–water partition coefficient (Wildman–Crippen LogP) is 3.05. The zero-order valence-electron chi connectivity index (χ0n) is 18.9. The van der Waals surface area contributed by atoms with Crippen LogP contribution in [0.4, 0.5) is 18.9 Å². The minimum absolute atomic E-state index is 0.0287. The van der Waals surface area contributed by atoms with Gasteiger partial charge in [-0.1, -0.05) is 26.0 Å². The summed E-state index contributed by atoms with van der Waals surface area (Å²) >= 11 is 0. The first-order valence-electron chi connectivity index (χ1n) is 11.0. The van der Waals surface area contributed by atoms with Crippen LogP contribution in [0, 0.1) is 6.92 Å². The molecule has 0 radical (unpaired) electrons. The van der Waals surface area contributed by atoms with E-state index in [0.29, 0.717) is 48.7 Å². The number of alkyl halides is 3. The number of hydrogen-bond acceptors (Lipinski definition) is 5. The molecule has 4 rings (SSSR count). The van der Waals surface area contributed by atoms with Crippen LogP contribution in [0.15, 0.2) is 30.3 Å². The molecule has 33 heavy (non-hydrogen) atoms. The maximum atomic E-state index is 13.5. The normalized spacial score (nSPS) is 15.0. The molecule has 6 nitrogen and oxygen atoms in total. The smallest absolute Gasteiger partial charge is 0.423 e. The van der Waals surface area contributed by atoms with E-state index in [0.717, 1.165) is 11.8 Å². The number of imidazole rings is 1. The fourth-order valence-electron chi connectivity index (χ4n) is 4.39. The number of halogens is 3. The van der Waals surface area contributed by atoms with Gasteiger partial charge in [0.1, 0.15) is 5.82 Å². The Morgan fingerprint density at radius 3 is 2.45 bits per heavy atom. The lowest BCUT2D eigenvalue weighted by Gasteiger charge is -2.29. The van der Waals surface area contributed by atoms with Crippen LogP contribution in [0.25, 0.3) is 11.0 Å². The van der Waals surface area contributed by atoms with E-state index in [4.69, 9.17) is 9.72 Å². The van der Waals surface area contributed by atoms with Crippen molar-refractivity contribution in [3.8, 4) is 0 Å². The number of morpholine rings is 1. The minimum atomic E-state index is -4.43. The Morgan fingerprint density at radius 1 is 1.15 bits per heavy atom. The van der Waals surface area contributed by atoms with Crippen molar-refractivity contribution in [1.82, 2.24) is 9.55 Å². The first-order valence-corrected chi connectivity index (χ1v) is 11.0. The molecule has 10 heteroatoms. The third kappa shape index (κ3) is 4.60. The molecule has 1 aliphatic heterocycles. The maximum Gasteiger partial charge on any atom is 0.490 e. The van der Waals surface area contributed by atoms with Crippen molar-refractivity contribution in [2.45, 2.75) is 39.4 Å². The Hall–Kier alpha value is -2.56. The summed E-state index contributed by atoms with van der Waals surface area (Å²) in [5.74, 6) is 0.641. The van der Waals surface area contributed by atoms with Crippen molar-refractivity contribution in [3.05, 3.63) is 52.8 Å². The van der Waals surface area contributed by atoms with Crippen molar-refractivity contribution in [1.29, 1.82) is 0 Å². The van der Waals surface area contributed by atoms with Gasteiger partial charge in [-0.15, -0.1) is 0 Å². The van der Waals surface area contributed by atoms with Crippen LogP contribution >= 0.6 is 0 Å². The lowest BCUT2D eigenvalue weighted by Crippen LogP contribution is -2.38. The summed E-state index contributed by atoms with van der Waals surface area (Å²) in [6.45, 7) is 8.02. The average Bonchev–Trinajstić information content (AvgIpc) is 3.13. The molecule has 1 fully saturated rings. The number of anilines is 1. The highest BCUT2D eigenvalue weighted by Crippen LogP contribution is 2.34. The molecule has 0 bridgehead atoms. The van der Waals surface area contributed by atoms with Crippen LogP contribution in [0.5, 0.6) is 0 Å². The van der Waals surface area contributed by atoms with Crippen molar-refractivity contribution in [2.24, 2.45) is 0 Å². The van der Waals surface area contributed by atoms with E-state index in [1.807, 2.05) is 24.5 Å². The van der Waals surface area contributed by atoms with E-state index < -0.39 is 18.9 Å². The standard InChI is InChI=1S/C23H27BF3N3O3/c1-14(2)22-28-21-19(24(31)32)11-17(29-7-9-33-10-8-29)12-20(21)30(22)13-16-5-4-6-18(15(16)3)23(25,26)27/h4-6,11-12,14,31-32H,7-10,13H2,1-3H3. The van der Waals surface area contributed by atoms with Gasteiger partial charge in [0.05, 0.1) is 29.8 Å². The van der Waals surface area contributed by atoms with Gasteiger partial charge in [0, 0.05) is 36.7 Å². The molecular weight excluding hydrogens is 434 g/mol. The molecule has 1 aliphatic rings. The Bertz CT molecular complexity index is 1160. The van der Waals surface area contributed by atoms with Gasteiger partial charge >= 0.3 is 13.3 Å². The fraction of sp³-hybridized carbons (Fsp3) is 0.435. The van der Waals surface area contributed by atoms with Crippen molar-refractivity contribution < 1.29 is 28.0 Å². The summed E-state index contributed by atoms with van der Waals surface area (Å²) in [4.78, 5) is 6.79. The van der Waals surface area contributed by atoms with E-state index in [-0.39, 0.29) is 23.5 Å². The van der Waals surface area contributed by atoms with Gasteiger partial charge in [-0.05, 0) is 36.2 Å². The minimum Gasteiger partial charge on any atom is -0.423 e. The third-order valence-corrected chi connectivity index (χ3v) is 6.15. The molecule has 0 amide bonds. The Balaban J connectivity index is 1.90. The molecule has 176 valence electrons. The predicted molar refractivity (Wildman–Crippen MR) is 122 cm³/mol. The number of rotatable bonds is 5. The summed E-state index contributed by atoms with van der Waals surface area (Å²) in [5.41, 5.74) is 2.22. The highest BCUT2D eigenvalue weighted by atomic mass is 19.4.